The van der Waals surface area contributed by atoms with Crippen molar-refractivity contribution in [3.05, 3.63) is 35.4 Å². The van der Waals surface area contributed by atoms with Gasteiger partial charge in [-0.15, -0.1) is 0 Å². The summed E-state index contributed by atoms with van der Waals surface area (Å²) < 4.78 is 0. The normalized spacial score (nSPS) is 14.4. The maximum absolute atomic E-state index is 3.69. The molecule has 0 aliphatic carbocycles. The first-order valence-corrected chi connectivity index (χ1v) is 8.14. The summed E-state index contributed by atoms with van der Waals surface area (Å²) in [7, 11) is 0. The molecule has 1 aromatic rings. The third kappa shape index (κ3) is 5.03. The fourth-order valence-corrected chi connectivity index (χ4v) is 2.99. The molecule has 0 fully saturated rings. The van der Waals surface area contributed by atoms with Crippen molar-refractivity contribution in [2.24, 2.45) is 0 Å². The van der Waals surface area contributed by atoms with Gasteiger partial charge in [-0.1, -0.05) is 45.0 Å². The fraction of sp³-hybridized carbons (Fsp3) is 0.625. The first kappa shape index (κ1) is 15.6. The van der Waals surface area contributed by atoms with Crippen molar-refractivity contribution in [1.82, 2.24) is 5.32 Å². The number of nitrogens with one attached hydrogen (secondary N) is 1. The molecule has 0 aliphatic heterocycles. The van der Waals surface area contributed by atoms with Gasteiger partial charge in [0.1, 0.15) is 0 Å². The molecule has 0 amide bonds. The number of aryl methyl sites for hydroxylation is 1. The first-order valence-electron chi connectivity index (χ1n) is 7.09. The van der Waals surface area contributed by atoms with Gasteiger partial charge in [-0.3, -0.25) is 0 Å². The molecule has 0 saturated carbocycles. The summed E-state index contributed by atoms with van der Waals surface area (Å²) in [5.74, 6) is 1.17. The molecule has 1 nitrogen and oxygen atoms in total. The molecule has 0 aromatic heterocycles. The van der Waals surface area contributed by atoms with Crippen LogP contribution >= 0.6 is 11.8 Å². The molecule has 0 bridgehead atoms. The van der Waals surface area contributed by atoms with Crippen molar-refractivity contribution in [3.63, 3.8) is 0 Å². The zero-order chi connectivity index (χ0) is 13.4. The van der Waals surface area contributed by atoms with Crippen LogP contribution in [0.5, 0.6) is 0 Å². The van der Waals surface area contributed by atoms with Gasteiger partial charge >= 0.3 is 0 Å². The Labute approximate surface area is 117 Å². The highest BCUT2D eigenvalue weighted by molar-refractivity contribution is 7.99. The van der Waals surface area contributed by atoms with Crippen molar-refractivity contribution < 1.29 is 0 Å². The van der Waals surface area contributed by atoms with Gasteiger partial charge in [0.15, 0.2) is 0 Å². The summed E-state index contributed by atoms with van der Waals surface area (Å²) in [6.07, 6.45) is 2.44. The van der Waals surface area contributed by atoms with Crippen LogP contribution in [0.3, 0.4) is 0 Å². The van der Waals surface area contributed by atoms with Gasteiger partial charge < -0.3 is 5.32 Å². The van der Waals surface area contributed by atoms with Crippen molar-refractivity contribution in [1.29, 1.82) is 0 Å². The number of benzene rings is 1. The van der Waals surface area contributed by atoms with Crippen LogP contribution in [0.15, 0.2) is 24.3 Å². The average Bonchev–Trinajstić information content (AvgIpc) is 2.39. The molecule has 0 aliphatic rings. The molecule has 0 radical (unpaired) electrons. The summed E-state index contributed by atoms with van der Waals surface area (Å²) in [6.45, 7) is 10.1. The third-order valence-electron chi connectivity index (χ3n) is 3.33. The second kappa shape index (κ2) is 8.60. The van der Waals surface area contributed by atoms with E-state index in [1.165, 1.54) is 29.7 Å². The minimum atomic E-state index is 0.491. The molecule has 0 saturated heterocycles. The minimum absolute atomic E-state index is 0.491. The molecule has 18 heavy (non-hydrogen) atoms. The SMILES string of the molecule is CCCNC(CSC(C)CC)c1ccccc1C. The standard InChI is InChI=1S/C16H27NS/c1-5-11-17-16(12-18-14(4)6-2)15-10-8-7-9-13(15)3/h7-10,14,16-17H,5-6,11-12H2,1-4H3. The van der Waals surface area contributed by atoms with Gasteiger partial charge in [0.2, 0.25) is 0 Å². The minimum Gasteiger partial charge on any atom is -0.309 e. The van der Waals surface area contributed by atoms with Crippen LogP contribution in [0.25, 0.3) is 0 Å². The summed E-state index contributed by atoms with van der Waals surface area (Å²) in [4.78, 5) is 0. The molecular weight excluding hydrogens is 238 g/mol. The molecule has 0 spiro atoms. The third-order valence-corrected chi connectivity index (χ3v) is 4.76. The molecular formula is C16H27NS. The molecule has 1 N–H and O–H groups in total. The quantitative estimate of drug-likeness (QED) is 0.739. The van der Waals surface area contributed by atoms with E-state index in [1.807, 2.05) is 0 Å². The monoisotopic (exact) mass is 265 g/mol. The van der Waals surface area contributed by atoms with Crippen LogP contribution in [0.2, 0.25) is 0 Å². The highest BCUT2D eigenvalue weighted by Crippen LogP contribution is 2.24. The van der Waals surface area contributed by atoms with E-state index in [0.717, 1.165) is 11.8 Å². The number of thioether (sulfide) groups is 1. The highest BCUT2D eigenvalue weighted by Gasteiger charge is 2.13. The molecule has 1 rings (SSSR count). The Morgan fingerprint density at radius 2 is 1.94 bits per heavy atom. The fourth-order valence-electron chi connectivity index (χ4n) is 1.93. The maximum atomic E-state index is 3.69. The van der Waals surface area contributed by atoms with E-state index in [-0.39, 0.29) is 0 Å². The van der Waals surface area contributed by atoms with E-state index in [0.29, 0.717) is 6.04 Å². The van der Waals surface area contributed by atoms with Gasteiger partial charge in [0, 0.05) is 17.0 Å². The summed E-state index contributed by atoms with van der Waals surface area (Å²) in [5.41, 5.74) is 2.86. The Hall–Kier alpha value is -0.470. The lowest BCUT2D eigenvalue weighted by molar-refractivity contribution is 0.574. The Morgan fingerprint density at radius 3 is 2.56 bits per heavy atom. The molecule has 2 heteroatoms. The lowest BCUT2D eigenvalue weighted by Crippen LogP contribution is -2.25. The zero-order valence-electron chi connectivity index (χ0n) is 12.2. The van der Waals surface area contributed by atoms with E-state index in [9.17, 15) is 0 Å². The zero-order valence-corrected chi connectivity index (χ0v) is 13.0. The largest absolute Gasteiger partial charge is 0.309 e. The smallest absolute Gasteiger partial charge is 0.0414 e. The topological polar surface area (TPSA) is 12.0 Å². The van der Waals surface area contributed by atoms with Crippen LogP contribution in [0, 0.1) is 6.92 Å². The van der Waals surface area contributed by atoms with E-state index >= 15 is 0 Å². The second-order valence-corrected chi connectivity index (χ2v) is 6.39. The Bertz CT molecular complexity index is 338. The number of hydrogen-bond acceptors (Lipinski definition) is 2. The summed E-state index contributed by atoms with van der Waals surface area (Å²) >= 11 is 2.08. The van der Waals surface area contributed by atoms with Crippen molar-refractivity contribution in [2.45, 2.75) is 51.8 Å². The van der Waals surface area contributed by atoms with E-state index in [4.69, 9.17) is 0 Å². The Morgan fingerprint density at radius 1 is 1.22 bits per heavy atom. The molecule has 0 heterocycles. The van der Waals surface area contributed by atoms with Gasteiger partial charge in [0.05, 0.1) is 0 Å². The van der Waals surface area contributed by atoms with Gasteiger partial charge in [-0.25, -0.2) is 0 Å². The van der Waals surface area contributed by atoms with Gasteiger partial charge in [0.25, 0.3) is 0 Å². The summed E-state index contributed by atoms with van der Waals surface area (Å²) in [6, 6.07) is 9.24. The molecule has 2 atom stereocenters. The van der Waals surface area contributed by atoms with E-state index in [2.05, 4.69) is 69.0 Å². The van der Waals surface area contributed by atoms with Gasteiger partial charge in [-0.2, -0.15) is 11.8 Å². The van der Waals surface area contributed by atoms with E-state index in [1.54, 1.807) is 0 Å². The highest BCUT2D eigenvalue weighted by atomic mass is 32.2. The average molecular weight is 265 g/mol. The number of rotatable bonds is 8. The lowest BCUT2D eigenvalue weighted by Gasteiger charge is -2.22. The molecule has 102 valence electrons. The predicted octanol–water partition coefficient (Wildman–Crippen LogP) is 4.57. The van der Waals surface area contributed by atoms with Crippen LogP contribution < -0.4 is 5.32 Å². The van der Waals surface area contributed by atoms with Gasteiger partial charge in [-0.05, 0) is 37.4 Å². The molecule has 2 unspecified atom stereocenters. The number of hydrogen-bond donors (Lipinski definition) is 1. The van der Waals surface area contributed by atoms with E-state index < -0.39 is 0 Å². The second-order valence-electron chi connectivity index (χ2n) is 4.92. The Balaban J connectivity index is 2.68. The first-order chi connectivity index (χ1) is 8.69. The van der Waals surface area contributed by atoms with Crippen molar-refractivity contribution in [3.8, 4) is 0 Å². The Kier molecular flexibility index (Phi) is 7.45. The maximum Gasteiger partial charge on any atom is 0.0414 e. The van der Waals surface area contributed by atoms with Crippen molar-refractivity contribution in [2.75, 3.05) is 12.3 Å². The van der Waals surface area contributed by atoms with Crippen LogP contribution in [0.4, 0.5) is 0 Å². The summed E-state index contributed by atoms with van der Waals surface area (Å²) in [5, 5.41) is 4.44. The predicted molar refractivity (Wildman–Crippen MR) is 84.4 cm³/mol. The lowest BCUT2D eigenvalue weighted by atomic mass is 10.0. The van der Waals surface area contributed by atoms with Crippen LogP contribution in [0.1, 0.15) is 50.8 Å². The van der Waals surface area contributed by atoms with Crippen LogP contribution in [-0.4, -0.2) is 17.5 Å². The van der Waals surface area contributed by atoms with Crippen molar-refractivity contribution >= 4 is 11.8 Å². The van der Waals surface area contributed by atoms with Crippen LogP contribution in [-0.2, 0) is 0 Å². The molecule has 1 aromatic carbocycles.